The van der Waals surface area contributed by atoms with Crippen LogP contribution in [0.25, 0.3) is 10.9 Å². The van der Waals surface area contributed by atoms with Crippen molar-refractivity contribution in [1.82, 2.24) is 9.97 Å². The van der Waals surface area contributed by atoms with Crippen LogP contribution in [-0.2, 0) is 9.47 Å². The Kier molecular flexibility index (Phi) is 8.88. The number of aromatic nitrogens is 2. The molecule has 0 aliphatic heterocycles. The normalized spacial score (nSPS) is 10.4. The first-order chi connectivity index (χ1) is 13.7. The number of rotatable bonds is 10. The van der Waals surface area contributed by atoms with Crippen LogP contribution in [0.2, 0.25) is 5.02 Å². The molecule has 0 bridgehead atoms. The molecule has 0 amide bonds. The Hall–Kier alpha value is -2.65. The number of nitrogens with zero attached hydrogens (tertiary/aromatic N) is 2. The summed E-state index contributed by atoms with van der Waals surface area (Å²) in [7, 11) is 3.25. The Morgan fingerprint density at radius 2 is 1.48 bits per heavy atom. The fourth-order valence-corrected chi connectivity index (χ4v) is 2.66. The average molecular weight is 422 g/mol. The van der Waals surface area contributed by atoms with Gasteiger partial charge < -0.3 is 29.7 Å². The first-order valence-corrected chi connectivity index (χ1v) is 9.14. The monoisotopic (exact) mass is 421 g/mol. The van der Waals surface area contributed by atoms with Gasteiger partial charge in [0.15, 0.2) is 11.5 Å². The first-order valence-electron chi connectivity index (χ1n) is 8.76. The molecular weight excluding hydrogens is 398 g/mol. The third kappa shape index (κ3) is 6.16. The zero-order valence-corrected chi connectivity index (χ0v) is 17.0. The lowest BCUT2D eigenvalue weighted by Crippen LogP contribution is -2.09. The Bertz CT molecular complexity index is 909. The third-order valence-electron chi connectivity index (χ3n) is 3.90. The van der Waals surface area contributed by atoms with Crippen molar-refractivity contribution in [2.75, 3.05) is 46.0 Å². The van der Waals surface area contributed by atoms with Crippen molar-refractivity contribution in [3.8, 4) is 11.5 Å². The predicted octanol–water partition coefficient (Wildman–Crippen LogP) is 3.25. The molecule has 0 unspecified atom stereocenters. The predicted molar refractivity (Wildman–Crippen MR) is 113 cm³/mol. The molecule has 0 aliphatic rings. The maximum Gasteiger partial charge on any atom is 0.163 e. The van der Waals surface area contributed by atoms with Gasteiger partial charge in [-0.3, -0.25) is 0 Å². The fourth-order valence-electron chi connectivity index (χ4n) is 2.53. The molecule has 3 rings (SSSR count). The van der Waals surface area contributed by atoms with E-state index in [1.165, 1.54) is 6.33 Å². The lowest BCUT2D eigenvalue weighted by molar-refractivity contribution is 0.132. The number of benzene rings is 2. The summed E-state index contributed by atoms with van der Waals surface area (Å²) in [6, 6.07) is 11.1. The SMILES string of the molecule is COCCOc1cc2ncnc(Nc3ccc(Cl)cc3)c2cc1OCCOC.O. The Labute approximate surface area is 174 Å². The van der Waals surface area contributed by atoms with E-state index in [4.69, 9.17) is 30.5 Å². The van der Waals surface area contributed by atoms with Crippen molar-refractivity contribution < 1.29 is 24.4 Å². The molecule has 0 aliphatic carbocycles. The summed E-state index contributed by atoms with van der Waals surface area (Å²) in [5, 5.41) is 4.77. The fraction of sp³-hybridized carbons (Fsp3) is 0.300. The minimum Gasteiger partial charge on any atom is -0.487 e. The van der Waals surface area contributed by atoms with E-state index in [-0.39, 0.29) is 5.48 Å². The van der Waals surface area contributed by atoms with E-state index in [0.717, 1.165) is 16.6 Å². The molecule has 1 heterocycles. The highest BCUT2D eigenvalue weighted by Gasteiger charge is 2.13. The Morgan fingerprint density at radius 1 is 0.862 bits per heavy atom. The Balaban J connectivity index is 0.00000300. The molecule has 29 heavy (non-hydrogen) atoms. The van der Waals surface area contributed by atoms with Crippen molar-refractivity contribution in [2.24, 2.45) is 0 Å². The van der Waals surface area contributed by atoms with Crippen LogP contribution in [-0.4, -0.2) is 56.1 Å². The lowest BCUT2D eigenvalue weighted by atomic mass is 10.2. The standard InChI is InChI=1S/C20H22ClN3O4.H2O/c1-25-7-9-27-18-11-16-17(12-19(18)28-10-8-26-2)22-13-23-20(16)24-15-5-3-14(21)4-6-15;/h3-6,11-13H,7-10H2,1-2H3,(H,22,23,24);1H2. The van der Waals surface area contributed by atoms with Crippen LogP contribution in [0.3, 0.4) is 0 Å². The summed E-state index contributed by atoms with van der Waals surface area (Å²) >= 11 is 5.96. The van der Waals surface area contributed by atoms with Gasteiger partial charge in [0.25, 0.3) is 0 Å². The molecule has 0 spiro atoms. The van der Waals surface area contributed by atoms with Crippen LogP contribution >= 0.6 is 11.6 Å². The zero-order valence-electron chi connectivity index (χ0n) is 16.3. The van der Waals surface area contributed by atoms with Gasteiger partial charge in [-0.1, -0.05) is 11.6 Å². The number of fused-ring (bicyclic) bond motifs is 1. The zero-order chi connectivity index (χ0) is 19.8. The van der Waals surface area contributed by atoms with Crippen LogP contribution < -0.4 is 14.8 Å². The largest absolute Gasteiger partial charge is 0.487 e. The maximum atomic E-state index is 5.96. The molecule has 1 aromatic heterocycles. The summed E-state index contributed by atoms with van der Waals surface area (Å²) in [4.78, 5) is 8.73. The second-order valence-electron chi connectivity index (χ2n) is 5.85. The number of anilines is 2. The smallest absolute Gasteiger partial charge is 0.163 e. The van der Waals surface area contributed by atoms with E-state index in [1.54, 1.807) is 14.2 Å². The highest BCUT2D eigenvalue weighted by molar-refractivity contribution is 6.30. The molecule has 0 atom stereocenters. The van der Waals surface area contributed by atoms with Crippen molar-refractivity contribution in [3.63, 3.8) is 0 Å². The molecule has 3 aromatic rings. The molecule has 0 fully saturated rings. The molecule has 0 saturated carbocycles. The second kappa shape index (κ2) is 11.4. The number of halogens is 1. The third-order valence-corrected chi connectivity index (χ3v) is 4.15. The topological polar surface area (TPSA) is 106 Å². The van der Waals surface area contributed by atoms with Gasteiger partial charge in [0.2, 0.25) is 0 Å². The van der Waals surface area contributed by atoms with Gasteiger partial charge in [0.05, 0.1) is 18.7 Å². The summed E-state index contributed by atoms with van der Waals surface area (Å²) in [6.07, 6.45) is 1.50. The van der Waals surface area contributed by atoms with E-state index in [2.05, 4.69) is 15.3 Å². The summed E-state index contributed by atoms with van der Waals surface area (Å²) in [6.45, 7) is 1.75. The summed E-state index contributed by atoms with van der Waals surface area (Å²) in [5.74, 6) is 1.85. The quantitative estimate of drug-likeness (QED) is 0.500. The summed E-state index contributed by atoms with van der Waals surface area (Å²) in [5.41, 5.74) is 1.60. The van der Waals surface area contributed by atoms with Crippen LogP contribution in [0, 0.1) is 0 Å². The molecule has 8 nitrogen and oxygen atoms in total. The highest BCUT2D eigenvalue weighted by Crippen LogP contribution is 2.35. The van der Waals surface area contributed by atoms with Gasteiger partial charge in [0, 0.05) is 36.4 Å². The molecular formula is C20H24ClN3O5. The van der Waals surface area contributed by atoms with Crippen molar-refractivity contribution in [2.45, 2.75) is 0 Å². The van der Waals surface area contributed by atoms with Crippen LogP contribution in [0.1, 0.15) is 0 Å². The minimum absolute atomic E-state index is 0. The maximum absolute atomic E-state index is 5.96. The number of hydrogen-bond donors (Lipinski definition) is 1. The lowest BCUT2D eigenvalue weighted by Gasteiger charge is -2.15. The summed E-state index contributed by atoms with van der Waals surface area (Å²) < 4.78 is 21.8. The molecule has 156 valence electrons. The average Bonchev–Trinajstić information content (AvgIpc) is 2.70. The number of ether oxygens (including phenoxy) is 4. The van der Waals surface area contributed by atoms with E-state index in [9.17, 15) is 0 Å². The first kappa shape index (κ1) is 22.6. The van der Waals surface area contributed by atoms with Gasteiger partial charge >= 0.3 is 0 Å². The van der Waals surface area contributed by atoms with Gasteiger partial charge in [-0.2, -0.15) is 0 Å². The van der Waals surface area contributed by atoms with Gasteiger partial charge in [-0.05, 0) is 30.3 Å². The number of nitrogens with one attached hydrogen (secondary N) is 1. The minimum atomic E-state index is 0. The van der Waals surface area contributed by atoms with E-state index < -0.39 is 0 Å². The van der Waals surface area contributed by atoms with Gasteiger partial charge in [-0.15, -0.1) is 0 Å². The van der Waals surface area contributed by atoms with Gasteiger partial charge in [0.1, 0.15) is 25.4 Å². The molecule has 9 heteroatoms. The van der Waals surface area contributed by atoms with Crippen LogP contribution in [0.4, 0.5) is 11.5 Å². The van der Waals surface area contributed by atoms with Gasteiger partial charge in [-0.25, -0.2) is 9.97 Å². The van der Waals surface area contributed by atoms with E-state index in [0.29, 0.717) is 48.8 Å². The molecule has 3 N–H and O–H groups in total. The van der Waals surface area contributed by atoms with Crippen LogP contribution in [0.15, 0.2) is 42.7 Å². The highest BCUT2D eigenvalue weighted by atomic mass is 35.5. The van der Waals surface area contributed by atoms with Crippen molar-refractivity contribution >= 4 is 34.0 Å². The second-order valence-corrected chi connectivity index (χ2v) is 6.29. The molecule has 2 aromatic carbocycles. The van der Waals surface area contributed by atoms with Crippen molar-refractivity contribution in [3.05, 3.63) is 47.7 Å². The van der Waals surface area contributed by atoms with Crippen molar-refractivity contribution in [1.29, 1.82) is 0 Å². The number of hydrogen-bond acceptors (Lipinski definition) is 7. The van der Waals surface area contributed by atoms with E-state index >= 15 is 0 Å². The Morgan fingerprint density at radius 3 is 2.10 bits per heavy atom. The number of methoxy groups -OCH3 is 2. The van der Waals surface area contributed by atoms with Crippen LogP contribution in [0.5, 0.6) is 11.5 Å². The molecule has 0 radical (unpaired) electrons. The van der Waals surface area contributed by atoms with E-state index in [1.807, 2.05) is 36.4 Å². The molecule has 0 saturated heterocycles.